The maximum atomic E-state index is 11.7. The van der Waals surface area contributed by atoms with Crippen LogP contribution in [0.2, 0.25) is 5.02 Å². The number of amides is 1. The van der Waals surface area contributed by atoms with Crippen molar-refractivity contribution in [1.82, 2.24) is 15.8 Å². The molecule has 3 rings (SSSR count). The average molecular weight is 250 g/mol. The summed E-state index contributed by atoms with van der Waals surface area (Å²) in [6.07, 6.45) is 4.20. The lowest BCUT2D eigenvalue weighted by Gasteiger charge is -2.24. The molecule has 0 aromatic heterocycles. The summed E-state index contributed by atoms with van der Waals surface area (Å²) in [5.74, 6) is 0.0227. The fourth-order valence-electron chi connectivity index (χ4n) is 2.29. The molecule has 2 heterocycles. The summed E-state index contributed by atoms with van der Waals surface area (Å²) < 4.78 is 0. The van der Waals surface area contributed by atoms with Gasteiger partial charge in [0.1, 0.15) is 6.04 Å². The van der Waals surface area contributed by atoms with Crippen LogP contribution in [0.4, 0.5) is 0 Å². The molecule has 0 saturated carbocycles. The summed E-state index contributed by atoms with van der Waals surface area (Å²) in [7, 11) is 0. The molecule has 4 nitrogen and oxygen atoms in total. The number of hydrogen-bond donors (Lipinski definition) is 2. The number of rotatable bonds is 1. The largest absolute Gasteiger partial charge is 0.329 e. The van der Waals surface area contributed by atoms with E-state index in [1.165, 1.54) is 0 Å². The Morgan fingerprint density at radius 3 is 2.94 bits per heavy atom. The van der Waals surface area contributed by atoms with Gasteiger partial charge in [0.05, 0.1) is 6.04 Å². The van der Waals surface area contributed by atoms with Gasteiger partial charge in [-0.3, -0.25) is 4.79 Å². The topological polar surface area (TPSA) is 44.4 Å². The Bertz CT molecular complexity index is 488. The molecule has 1 saturated heterocycles. The Morgan fingerprint density at radius 2 is 2.18 bits per heavy atom. The van der Waals surface area contributed by atoms with Crippen LogP contribution in [0.25, 0.3) is 0 Å². The molecule has 2 N–H and O–H groups in total. The molecule has 17 heavy (non-hydrogen) atoms. The Balaban J connectivity index is 1.87. The summed E-state index contributed by atoms with van der Waals surface area (Å²) in [5, 5.41) is 5.28. The van der Waals surface area contributed by atoms with Gasteiger partial charge in [-0.2, -0.15) is 0 Å². The highest BCUT2D eigenvalue weighted by Gasteiger charge is 2.37. The second kappa shape index (κ2) is 4.05. The summed E-state index contributed by atoms with van der Waals surface area (Å²) in [6, 6.07) is 7.64. The zero-order valence-corrected chi connectivity index (χ0v) is 9.82. The smallest absolute Gasteiger partial charge is 0.248 e. The van der Waals surface area contributed by atoms with E-state index in [4.69, 9.17) is 11.6 Å². The van der Waals surface area contributed by atoms with E-state index in [2.05, 4.69) is 10.7 Å². The van der Waals surface area contributed by atoms with E-state index < -0.39 is 0 Å². The van der Waals surface area contributed by atoms with E-state index in [9.17, 15) is 4.79 Å². The first-order chi connectivity index (χ1) is 8.25. The minimum Gasteiger partial charge on any atom is -0.329 e. The van der Waals surface area contributed by atoms with E-state index in [0.717, 1.165) is 17.0 Å². The molecule has 1 aromatic rings. The van der Waals surface area contributed by atoms with Gasteiger partial charge in [-0.25, -0.2) is 5.43 Å². The normalized spacial score (nSPS) is 26.9. The molecule has 1 amide bonds. The highest BCUT2D eigenvalue weighted by molar-refractivity contribution is 6.31. The summed E-state index contributed by atoms with van der Waals surface area (Å²) in [4.78, 5) is 11.7. The molecular formula is C12H12ClN3O. The molecule has 5 heteroatoms. The predicted octanol–water partition coefficient (Wildman–Crippen LogP) is 1.56. The van der Waals surface area contributed by atoms with Gasteiger partial charge in [-0.1, -0.05) is 29.8 Å². The monoisotopic (exact) mass is 249 g/mol. The molecule has 1 aromatic carbocycles. The van der Waals surface area contributed by atoms with Gasteiger partial charge in [0.25, 0.3) is 0 Å². The highest BCUT2D eigenvalue weighted by Crippen LogP contribution is 2.32. The third-order valence-electron chi connectivity index (χ3n) is 3.14. The summed E-state index contributed by atoms with van der Waals surface area (Å²) in [5.41, 5.74) is 4.31. The molecule has 1 fully saturated rings. The van der Waals surface area contributed by atoms with Crippen LogP contribution in [-0.4, -0.2) is 17.0 Å². The van der Waals surface area contributed by atoms with Crippen LogP contribution in [0.3, 0.4) is 0 Å². The second-order valence-electron chi connectivity index (χ2n) is 4.19. The summed E-state index contributed by atoms with van der Waals surface area (Å²) in [6.45, 7) is 0. The first-order valence-electron chi connectivity index (χ1n) is 5.51. The van der Waals surface area contributed by atoms with Crippen LogP contribution in [0.15, 0.2) is 36.7 Å². The van der Waals surface area contributed by atoms with Crippen LogP contribution in [-0.2, 0) is 4.79 Å². The van der Waals surface area contributed by atoms with Crippen LogP contribution >= 0.6 is 11.6 Å². The SMILES string of the molecule is O=C1NC=CN2NC(c3ccccc3Cl)CC12. The van der Waals surface area contributed by atoms with Gasteiger partial charge in [0.15, 0.2) is 0 Å². The molecule has 0 aliphatic carbocycles. The van der Waals surface area contributed by atoms with Crippen molar-refractivity contribution in [3.05, 3.63) is 47.3 Å². The number of hydrazine groups is 1. The van der Waals surface area contributed by atoms with E-state index in [-0.39, 0.29) is 18.0 Å². The number of carbonyl (C=O) groups excluding carboxylic acids is 1. The fraction of sp³-hybridized carbons (Fsp3) is 0.250. The highest BCUT2D eigenvalue weighted by atomic mass is 35.5. The second-order valence-corrected chi connectivity index (χ2v) is 4.59. The average Bonchev–Trinajstić information content (AvgIpc) is 2.75. The standard InChI is InChI=1S/C12H12ClN3O/c13-9-4-2-1-3-8(9)10-7-11-12(17)14-5-6-16(11)15-10/h1-6,10-11,15H,7H2,(H,14,17). The fourth-order valence-corrected chi connectivity index (χ4v) is 2.56. The van der Waals surface area contributed by atoms with Crippen molar-refractivity contribution in [2.24, 2.45) is 0 Å². The number of hydrogen-bond acceptors (Lipinski definition) is 3. The molecule has 0 spiro atoms. The minimum absolute atomic E-state index is 0.0227. The molecular weight excluding hydrogens is 238 g/mol. The maximum Gasteiger partial charge on any atom is 0.248 e. The van der Waals surface area contributed by atoms with Crippen molar-refractivity contribution in [2.75, 3.05) is 0 Å². The Morgan fingerprint density at radius 1 is 1.35 bits per heavy atom. The summed E-state index contributed by atoms with van der Waals surface area (Å²) >= 11 is 6.16. The number of nitrogens with one attached hydrogen (secondary N) is 2. The third-order valence-corrected chi connectivity index (χ3v) is 3.49. The minimum atomic E-state index is -0.152. The first-order valence-corrected chi connectivity index (χ1v) is 5.89. The number of nitrogens with zero attached hydrogens (tertiary/aromatic N) is 1. The Hall–Kier alpha value is -1.52. The third kappa shape index (κ3) is 1.79. The van der Waals surface area contributed by atoms with Crippen molar-refractivity contribution in [3.8, 4) is 0 Å². The number of carbonyl (C=O) groups is 1. The predicted molar refractivity (Wildman–Crippen MR) is 64.9 cm³/mol. The van der Waals surface area contributed by atoms with Crippen molar-refractivity contribution in [3.63, 3.8) is 0 Å². The lowest BCUT2D eigenvalue weighted by Crippen LogP contribution is -2.45. The molecule has 2 atom stereocenters. The van der Waals surface area contributed by atoms with E-state index in [1.807, 2.05) is 35.5 Å². The molecule has 2 aliphatic rings. The Kier molecular flexibility index (Phi) is 2.53. The van der Waals surface area contributed by atoms with Gasteiger partial charge < -0.3 is 10.3 Å². The zero-order chi connectivity index (χ0) is 11.8. The number of benzene rings is 1. The van der Waals surface area contributed by atoms with Crippen LogP contribution in [0, 0.1) is 0 Å². The van der Waals surface area contributed by atoms with Crippen molar-refractivity contribution in [1.29, 1.82) is 0 Å². The first kappa shape index (κ1) is 10.6. The van der Waals surface area contributed by atoms with E-state index >= 15 is 0 Å². The van der Waals surface area contributed by atoms with Crippen LogP contribution in [0.5, 0.6) is 0 Å². The lowest BCUT2D eigenvalue weighted by atomic mass is 10.0. The molecule has 0 radical (unpaired) electrons. The maximum absolute atomic E-state index is 11.7. The molecule has 88 valence electrons. The van der Waals surface area contributed by atoms with Crippen molar-refractivity contribution in [2.45, 2.75) is 18.5 Å². The van der Waals surface area contributed by atoms with E-state index in [0.29, 0.717) is 0 Å². The number of fused-ring (bicyclic) bond motifs is 1. The van der Waals surface area contributed by atoms with Crippen molar-refractivity contribution >= 4 is 17.5 Å². The van der Waals surface area contributed by atoms with Gasteiger partial charge in [0.2, 0.25) is 5.91 Å². The molecule has 0 bridgehead atoms. The van der Waals surface area contributed by atoms with Gasteiger partial charge in [0, 0.05) is 17.4 Å². The van der Waals surface area contributed by atoms with Gasteiger partial charge in [-0.15, -0.1) is 0 Å². The number of halogens is 1. The van der Waals surface area contributed by atoms with Gasteiger partial charge in [-0.05, 0) is 18.1 Å². The lowest BCUT2D eigenvalue weighted by molar-refractivity contribution is -0.124. The quantitative estimate of drug-likeness (QED) is 0.794. The van der Waals surface area contributed by atoms with Gasteiger partial charge >= 0.3 is 0 Å². The molecule has 2 aliphatic heterocycles. The van der Waals surface area contributed by atoms with Crippen LogP contribution in [0.1, 0.15) is 18.0 Å². The van der Waals surface area contributed by atoms with Crippen molar-refractivity contribution < 1.29 is 4.79 Å². The van der Waals surface area contributed by atoms with Crippen LogP contribution < -0.4 is 10.7 Å². The Labute approximate surface area is 104 Å². The molecule has 2 unspecified atom stereocenters. The zero-order valence-electron chi connectivity index (χ0n) is 9.06. The van der Waals surface area contributed by atoms with E-state index in [1.54, 1.807) is 6.20 Å².